The first-order chi connectivity index (χ1) is 14.5. The summed E-state index contributed by atoms with van der Waals surface area (Å²) in [6.45, 7) is 0.0434. The first-order valence-corrected chi connectivity index (χ1v) is 11.3. The minimum Gasteiger partial charge on any atom is -0.444 e. The first kappa shape index (κ1) is 23.0. The zero-order valence-corrected chi connectivity index (χ0v) is 18.2. The Labute approximate surface area is 186 Å². The molecule has 0 spiro atoms. The Kier molecular flexibility index (Phi) is 6.83. The molecule has 2 N–H and O–H groups in total. The Morgan fingerprint density at radius 1 is 1.10 bits per heavy atom. The highest BCUT2D eigenvalue weighted by Gasteiger charge is 2.16. The van der Waals surface area contributed by atoms with Crippen molar-refractivity contribution in [2.75, 3.05) is 17.5 Å². The highest BCUT2D eigenvalue weighted by molar-refractivity contribution is 7.92. The van der Waals surface area contributed by atoms with Crippen LogP contribution in [0.4, 0.5) is 14.5 Å². The van der Waals surface area contributed by atoms with Gasteiger partial charge in [0.2, 0.25) is 15.9 Å². The molecule has 0 saturated carbocycles. The topological polar surface area (TPSA) is 101 Å². The number of amides is 1. The predicted octanol–water partition coefficient (Wildman–Crippen LogP) is 4.27. The Balaban J connectivity index is 1.62. The number of aromatic nitrogens is 1. The number of sulfonamides is 1. The number of halogens is 4. The highest BCUT2D eigenvalue weighted by Crippen LogP contribution is 2.27. The first-order valence-electron chi connectivity index (χ1n) is 8.68. The molecule has 0 saturated heterocycles. The van der Waals surface area contributed by atoms with Crippen molar-refractivity contribution < 1.29 is 26.4 Å². The minimum atomic E-state index is -3.83. The molecule has 164 valence electrons. The minimum absolute atomic E-state index is 0.00356. The molecule has 1 amide bonds. The molecule has 3 aromatic rings. The third-order valence-corrected chi connectivity index (χ3v) is 4.95. The Morgan fingerprint density at radius 2 is 1.71 bits per heavy atom. The van der Waals surface area contributed by atoms with E-state index in [1.807, 2.05) is 0 Å². The number of anilines is 1. The lowest BCUT2D eigenvalue weighted by atomic mass is 10.1. The van der Waals surface area contributed by atoms with Gasteiger partial charge in [-0.1, -0.05) is 23.2 Å². The maximum atomic E-state index is 14.0. The van der Waals surface area contributed by atoms with Gasteiger partial charge in [-0.3, -0.25) is 9.52 Å². The molecule has 1 heterocycles. The molecule has 0 atom stereocenters. The van der Waals surface area contributed by atoms with Crippen molar-refractivity contribution in [3.05, 3.63) is 69.5 Å². The fraction of sp³-hybridized carbons (Fsp3) is 0.158. The van der Waals surface area contributed by atoms with E-state index in [0.717, 1.165) is 24.7 Å². The number of hydrogen-bond acceptors (Lipinski definition) is 5. The third-order valence-electron chi connectivity index (χ3n) is 3.93. The summed E-state index contributed by atoms with van der Waals surface area (Å²) in [4.78, 5) is 16.3. The molecular formula is C19H15Cl2F2N3O4S. The lowest BCUT2D eigenvalue weighted by molar-refractivity contribution is 0.0949. The van der Waals surface area contributed by atoms with Gasteiger partial charge < -0.3 is 9.73 Å². The van der Waals surface area contributed by atoms with Crippen molar-refractivity contribution in [2.45, 2.75) is 6.42 Å². The summed E-state index contributed by atoms with van der Waals surface area (Å²) in [7, 11) is -3.83. The van der Waals surface area contributed by atoms with Crippen LogP contribution in [0.25, 0.3) is 11.5 Å². The maximum Gasteiger partial charge on any atom is 0.273 e. The van der Waals surface area contributed by atoms with Gasteiger partial charge >= 0.3 is 0 Å². The summed E-state index contributed by atoms with van der Waals surface area (Å²) < 4.78 is 57.5. The molecule has 2 aromatic carbocycles. The van der Waals surface area contributed by atoms with Crippen molar-refractivity contribution in [3.8, 4) is 11.5 Å². The van der Waals surface area contributed by atoms with Crippen LogP contribution in [0.1, 0.15) is 16.1 Å². The van der Waals surface area contributed by atoms with Crippen LogP contribution in [0.5, 0.6) is 0 Å². The van der Waals surface area contributed by atoms with Gasteiger partial charge in [-0.05, 0) is 42.3 Å². The van der Waals surface area contributed by atoms with Gasteiger partial charge in [-0.2, -0.15) is 0 Å². The zero-order chi connectivity index (χ0) is 22.8. The van der Waals surface area contributed by atoms with Crippen molar-refractivity contribution >= 4 is 44.8 Å². The van der Waals surface area contributed by atoms with E-state index in [0.29, 0.717) is 15.6 Å². The van der Waals surface area contributed by atoms with Crippen molar-refractivity contribution in [1.29, 1.82) is 0 Å². The molecule has 3 rings (SSSR count). The number of rotatable bonds is 7. The van der Waals surface area contributed by atoms with Crippen molar-refractivity contribution in [1.82, 2.24) is 10.3 Å². The molecule has 31 heavy (non-hydrogen) atoms. The number of carbonyl (C=O) groups excluding carboxylic acids is 1. The van der Waals surface area contributed by atoms with E-state index in [4.69, 9.17) is 27.6 Å². The Morgan fingerprint density at radius 3 is 2.29 bits per heavy atom. The molecule has 0 aliphatic carbocycles. The van der Waals surface area contributed by atoms with Crippen LogP contribution >= 0.6 is 23.2 Å². The Hall–Kier alpha value is -2.69. The number of nitrogens with one attached hydrogen (secondary N) is 2. The molecule has 0 aliphatic rings. The number of benzene rings is 2. The molecule has 0 unspecified atom stereocenters. The molecule has 7 nitrogen and oxygen atoms in total. The summed E-state index contributed by atoms with van der Waals surface area (Å²) in [5, 5.41) is 3.31. The summed E-state index contributed by atoms with van der Waals surface area (Å²) in [5.74, 6) is -2.53. The van der Waals surface area contributed by atoms with Gasteiger partial charge in [0.05, 0.1) is 6.26 Å². The highest BCUT2D eigenvalue weighted by atomic mass is 35.5. The summed E-state index contributed by atoms with van der Waals surface area (Å²) in [5.41, 5.74) is -0.0447. The van der Waals surface area contributed by atoms with Gasteiger partial charge in [0.15, 0.2) is 17.3 Å². The lowest BCUT2D eigenvalue weighted by Crippen LogP contribution is -2.26. The van der Waals surface area contributed by atoms with Crippen LogP contribution in [0, 0.1) is 11.6 Å². The van der Waals surface area contributed by atoms with Gasteiger partial charge in [-0.25, -0.2) is 22.2 Å². The molecule has 0 radical (unpaired) electrons. The molecule has 0 aliphatic heterocycles. The second-order valence-corrected chi connectivity index (χ2v) is 9.13. The molecular weight excluding hydrogens is 475 g/mol. The summed E-state index contributed by atoms with van der Waals surface area (Å²) in [6.07, 6.45) is 2.03. The molecule has 12 heteroatoms. The molecule has 1 aromatic heterocycles. The van der Waals surface area contributed by atoms with Crippen LogP contribution in [-0.2, 0) is 16.4 Å². The fourth-order valence-corrected chi connectivity index (χ4v) is 3.74. The van der Waals surface area contributed by atoms with E-state index in [-0.39, 0.29) is 30.1 Å². The normalized spacial score (nSPS) is 11.4. The second-order valence-electron chi connectivity index (χ2n) is 6.51. The average molecular weight is 490 g/mol. The number of oxazole rings is 1. The van der Waals surface area contributed by atoms with Crippen LogP contribution in [0.3, 0.4) is 0 Å². The van der Waals surface area contributed by atoms with Crippen LogP contribution < -0.4 is 10.0 Å². The van der Waals surface area contributed by atoms with Gasteiger partial charge in [-0.15, -0.1) is 0 Å². The van der Waals surface area contributed by atoms with E-state index < -0.39 is 33.3 Å². The number of hydrogen-bond donors (Lipinski definition) is 2. The third kappa shape index (κ3) is 6.16. The fourth-order valence-electron chi connectivity index (χ4n) is 2.65. The van der Waals surface area contributed by atoms with E-state index in [9.17, 15) is 22.0 Å². The van der Waals surface area contributed by atoms with Crippen molar-refractivity contribution in [3.63, 3.8) is 0 Å². The Bertz CT molecular complexity index is 1210. The maximum absolute atomic E-state index is 14.0. The lowest BCUT2D eigenvalue weighted by Gasteiger charge is -2.09. The second kappa shape index (κ2) is 9.21. The van der Waals surface area contributed by atoms with Gasteiger partial charge in [0, 0.05) is 22.2 Å². The molecule has 0 fully saturated rings. The van der Waals surface area contributed by atoms with Crippen LogP contribution in [0.2, 0.25) is 10.0 Å². The van der Waals surface area contributed by atoms with Gasteiger partial charge in [0.25, 0.3) is 5.91 Å². The van der Waals surface area contributed by atoms with Crippen molar-refractivity contribution in [2.24, 2.45) is 0 Å². The monoisotopic (exact) mass is 489 g/mol. The number of nitrogens with zero attached hydrogens (tertiary/aromatic N) is 1. The largest absolute Gasteiger partial charge is 0.444 e. The van der Waals surface area contributed by atoms with E-state index in [2.05, 4.69) is 10.3 Å². The van der Waals surface area contributed by atoms with Crippen LogP contribution in [-0.4, -0.2) is 32.1 Å². The smallest absolute Gasteiger partial charge is 0.273 e. The zero-order valence-electron chi connectivity index (χ0n) is 15.9. The standard InChI is InChI=1S/C19H15Cl2F2N3O4S/c1-31(28,29)26-17-14(22)4-10(5-15(17)23)2-3-24-18(27)16-9-30-19(25-16)11-6-12(20)8-13(21)7-11/h4-9,26H,2-3H2,1H3,(H,24,27). The molecule has 0 bridgehead atoms. The van der Waals surface area contributed by atoms with E-state index in [1.165, 1.54) is 0 Å². The summed E-state index contributed by atoms with van der Waals surface area (Å²) in [6, 6.07) is 6.66. The quantitative estimate of drug-likeness (QED) is 0.515. The van der Waals surface area contributed by atoms with E-state index >= 15 is 0 Å². The number of carbonyl (C=O) groups is 1. The van der Waals surface area contributed by atoms with Crippen LogP contribution in [0.15, 0.2) is 41.0 Å². The summed E-state index contributed by atoms with van der Waals surface area (Å²) >= 11 is 11.9. The van der Waals surface area contributed by atoms with Gasteiger partial charge in [0.1, 0.15) is 12.0 Å². The average Bonchev–Trinajstić information content (AvgIpc) is 3.13. The predicted molar refractivity (Wildman–Crippen MR) is 113 cm³/mol. The van der Waals surface area contributed by atoms with E-state index in [1.54, 1.807) is 22.9 Å². The SMILES string of the molecule is CS(=O)(=O)Nc1c(F)cc(CCNC(=O)c2coc(-c3cc(Cl)cc(Cl)c3)n2)cc1F.